The van der Waals surface area contributed by atoms with Crippen molar-refractivity contribution in [2.24, 2.45) is 5.92 Å². The molecule has 4 heteroatoms. The number of hydrogen-bond donors (Lipinski definition) is 1. The summed E-state index contributed by atoms with van der Waals surface area (Å²) < 4.78 is 0.525. The summed E-state index contributed by atoms with van der Waals surface area (Å²) in [6, 6.07) is 0. The molecule has 1 rings (SSSR count). The van der Waals surface area contributed by atoms with Gasteiger partial charge in [0.1, 0.15) is 0 Å². The van der Waals surface area contributed by atoms with E-state index in [0.717, 1.165) is 25.9 Å². The zero-order valence-electron chi connectivity index (χ0n) is 7.16. The number of carboxylic acid groups (broad SMARTS) is 1. The van der Waals surface area contributed by atoms with E-state index in [9.17, 15) is 4.79 Å². The van der Waals surface area contributed by atoms with Crippen LogP contribution in [0.5, 0.6) is 0 Å². The topological polar surface area (TPSA) is 40.5 Å². The van der Waals surface area contributed by atoms with Crippen LogP contribution >= 0.6 is 22.6 Å². The maximum Gasteiger partial charge on any atom is 0.306 e. The normalized spacial score (nSPS) is 23.8. The molecule has 1 heterocycles. The van der Waals surface area contributed by atoms with Crippen molar-refractivity contribution in [3.63, 3.8) is 0 Å². The zero-order valence-corrected chi connectivity index (χ0v) is 9.32. The number of carbonyl (C=O) groups is 1. The largest absolute Gasteiger partial charge is 0.481 e. The molecule has 1 N–H and O–H groups in total. The SMILES string of the molecule is C[C@H](I)N1CCC(C(=O)O)CC1. The van der Waals surface area contributed by atoms with E-state index >= 15 is 0 Å². The van der Waals surface area contributed by atoms with Gasteiger partial charge in [-0.25, -0.2) is 0 Å². The molecule has 70 valence electrons. The molecule has 0 amide bonds. The van der Waals surface area contributed by atoms with Crippen molar-refractivity contribution in [1.82, 2.24) is 4.90 Å². The van der Waals surface area contributed by atoms with Gasteiger partial charge in [-0.15, -0.1) is 0 Å². The number of alkyl halides is 1. The average Bonchev–Trinajstić information content (AvgIpc) is 2.04. The third-order valence-electron chi connectivity index (χ3n) is 2.38. The lowest BCUT2D eigenvalue weighted by Crippen LogP contribution is -2.39. The number of aliphatic carboxylic acids is 1. The third kappa shape index (κ3) is 2.58. The highest BCUT2D eigenvalue weighted by Gasteiger charge is 2.25. The molecule has 3 nitrogen and oxygen atoms in total. The summed E-state index contributed by atoms with van der Waals surface area (Å²) in [7, 11) is 0. The van der Waals surface area contributed by atoms with Gasteiger partial charge >= 0.3 is 5.97 Å². The highest BCUT2D eigenvalue weighted by atomic mass is 127. The van der Waals surface area contributed by atoms with Gasteiger partial charge in [0.2, 0.25) is 0 Å². The lowest BCUT2D eigenvalue weighted by atomic mass is 9.97. The number of carboxylic acids is 1. The number of nitrogens with zero attached hydrogens (tertiary/aromatic N) is 1. The van der Waals surface area contributed by atoms with E-state index in [-0.39, 0.29) is 5.92 Å². The molecule has 0 aromatic carbocycles. The molecule has 0 bridgehead atoms. The Balaban J connectivity index is 2.34. The molecule has 0 aromatic heterocycles. The van der Waals surface area contributed by atoms with E-state index in [1.807, 2.05) is 0 Å². The van der Waals surface area contributed by atoms with Crippen LogP contribution in [0, 0.1) is 5.92 Å². The molecule has 1 atom stereocenters. The van der Waals surface area contributed by atoms with Crippen molar-refractivity contribution in [2.75, 3.05) is 13.1 Å². The Kier molecular flexibility index (Phi) is 3.77. The maximum absolute atomic E-state index is 10.6. The zero-order chi connectivity index (χ0) is 9.14. The number of halogens is 1. The second kappa shape index (κ2) is 4.41. The van der Waals surface area contributed by atoms with E-state index in [0.29, 0.717) is 4.05 Å². The summed E-state index contributed by atoms with van der Waals surface area (Å²) in [6.07, 6.45) is 1.62. The second-order valence-corrected chi connectivity index (χ2v) is 5.03. The minimum absolute atomic E-state index is 0.101. The molecule has 0 spiro atoms. The van der Waals surface area contributed by atoms with Gasteiger partial charge < -0.3 is 5.11 Å². The minimum Gasteiger partial charge on any atom is -0.481 e. The van der Waals surface area contributed by atoms with E-state index in [2.05, 4.69) is 34.4 Å². The predicted molar refractivity (Wildman–Crippen MR) is 55.4 cm³/mol. The molecular formula is C8H14INO2. The van der Waals surface area contributed by atoms with Crippen LogP contribution in [-0.2, 0) is 4.79 Å². The summed E-state index contributed by atoms with van der Waals surface area (Å²) in [5.74, 6) is -0.729. The Morgan fingerprint density at radius 2 is 2.08 bits per heavy atom. The molecule has 0 aliphatic carbocycles. The van der Waals surface area contributed by atoms with E-state index in [1.165, 1.54) is 0 Å². The molecule has 0 radical (unpaired) electrons. The quantitative estimate of drug-likeness (QED) is 0.475. The number of hydrogen-bond acceptors (Lipinski definition) is 2. The standard InChI is InChI=1S/C8H14INO2/c1-6(9)10-4-2-7(3-5-10)8(11)12/h6-7H,2-5H2,1H3,(H,11,12)/t6-/m1/s1. The molecular weight excluding hydrogens is 269 g/mol. The molecule has 0 saturated carbocycles. The van der Waals surface area contributed by atoms with Gasteiger partial charge in [0, 0.05) is 0 Å². The summed E-state index contributed by atoms with van der Waals surface area (Å²) in [4.78, 5) is 12.9. The van der Waals surface area contributed by atoms with Gasteiger partial charge in [-0.05, 0) is 32.9 Å². The first-order valence-electron chi connectivity index (χ1n) is 4.22. The molecule has 1 fully saturated rings. The van der Waals surface area contributed by atoms with Gasteiger partial charge in [-0.2, -0.15) is 0 Å². The van der Waals surface area contributed by atoms with E-state index in [1.54, 1.807) is 0 Å². The highest BCUT2D eigenvalue weighted by Crippen LogP contribution is 2.20. The Labute approximate surface area is 86.3 Å². The van der Waals surface area contributed by atoms with Crippen LogP contribution in [0.2, 0.25) is 0 Å². The van der Waals surface area contributed by atoms with Crippen LogP contribution in [0.1, 0.15) is 19.8 Å². The fourth-order valence-electron chi connectivity index (χ4n) is 1.50. The van der Waals surface area contributed by atoms with E-state index < -0.39 is 5.97 Å². The summed E-state index contributed by atoms with van der Waals surface area (Å²) in [5.41, 5.74) is 0. The number of likely N-dealkylation sites (tertiary alicyclic amines) is 1. The second-order valence-electron chi connectivity index (χ2n) is 3.22. The van der Waals surface area contributed by atoms with Crippen molar-refractivity contribution in [2.45, 2.75) is 23.8 Å². The maximum atomic E-state index is 10.6. The lowest BCUT2D eigenvalue weighted by Gasteiger charge is -2.31. The van der Waals surface area contributed by atoms with Crippen LogP contribution in [0.15, 0.2) is 0 Å². The van der Waals surface area contributed by atoms with Crippen LogP contribution < -0.4 is 0 Å². The number of rotatable bonds is 2. The first-order valence-corrected chi connectivity index (χ1v) is 5.46. The lowest BCUT2D eigenvalue weighted by molar-refractivity contribution is -0.143. The van der Waals surface area contributed by atoms with Crippen LogP contribution in [0.4, 0.5) is 0 Å². The van der Waals surface area contributed by atoms with Gasteiger partial charge in [0.25, 0.3) is 0 Å². The van der Waals surface area contributed by atoms with Crippen molar-refractivity contribution in [3.8, 4) is 0 Å². The first kappa shape index (κ1) is 10.2. The van der Waals surface area contributed by atoms with Crippen LogP contribution in [0.25, 0.3) is 0 Å². The van der Waals surface area contributed by atoms with E-state index in [4.69, 9.17) is 5.11 Å². The Morgan fingerprint density at radius 3 is 2.42 bits per heavy atom. The van der Waals surface area contributed by atoms with Crippen molar-refractivity contribution >= 4 is 28.6 Å². The van der Waals surface area contributed by atoms with Gasteiger partial charge in [0.05, 0.1) is 9.97 Å². The molecule has 0 unspecified atom stereocenters. The van der Waals surface area contributed by atoms with Crippen LogP contribution in [-0.4, -0.2) is 33.1 Å². The summed E-state index contributed by atoms with van der Waals surface area (Å²) in [5, 5.41) is 8.74. The molecule has 1 saturated heterocycles. The van der Waals surface area contributed by atoms with Crippen molar-refractivity contribution in [3.05, 3.63) is 0 Å². The average molecular weight is 283 g/mol. The summed E-state index contributed by atoms with van der Waals surface area (Å²) in [6.45, 7) is 4.00. The van der Waals surface area contributed by atoms with Gasteiger partial charge in [-0.3, -0.25) is 9.69 Å². The Hall–Kier alpha value is 0.160. The first-order chi connectivity index (χ1) is 5.61. The Bertz CT molecular complexity index is 164. The number of piperidine rings is 1. The third-order valence-corrected chi connectivity index (χ3v) is 3.17. The fourth-order valence-corrected chi connectivity index (χ4v) is 2.06. The molecule has 0 aromatic rings. The van der Waals surface area contributed by atoms with Gasteiger partial charge in [-0.1, -0.05) is 22.6 Å². The monoisotopic (exact) mass is 283 g/mol. The van der Waals surface area contributed by atoms with Crippen molar-refractivity contribution in [1.29, 1.82) is 0 Å². The van der Waals surface area contributed by atoms with Crippen LogP contribution in [0.3, 0.4) is 0 Å². The molecule has 1 aliphatic rings. The molecule has 12 heavy (non-hydrogen) atoms. The summed E-state index contributed by atoms with van der Waals surface area (Å²) >= 11 is 2.36. The smallest absolute Gasteiger partial charge is 0.306 e. The highest BCUT2D eigenvalue weighted by molar-refractivity contribution is 14.1. The minimum atomic E-state index is -0.629. The Morgan fingerprint density at radius 1 is 1.58 bits per heavy atom. The predicted octanol–water partition coefficient (Wildman–Crippen LogP) is 1.56. The van der Waals surface area contributed by atoms with Crippen molar-refractivity contribution < 1.29 is 9.90 Å². The van der Waals surface area contributed by atoms with Gasteiger partial charge in [0.15, 0.2) is 0 Å². The molecule has 1 aliphatic heterocycles. The fraction of sp³-hybridized carbons (Fsp3) is 0.875.